The lowest BCUT2D eigenvalue weighted by Crippen LogP contribution is -2.32. The Morgan fingerprint density at radius 2 is 1.81 bits per heavy atom. The Morgan fingerprint density at radius 1 is 1.08 bits per heavy atom. The van der Waals surface area contributed by atoms with E-state index in [1.807, 2.05) is 0 Å². The molecule has 1 aliphatic heterocycles. The summed E-state index contributed by atoms with van der Waals surface area (Å²) < 4.78 is 19.1. The third-order valence-corrected chi connectivity index (χ3v) is 4.60. The van der Waals surface area contributed by atoms with Gasteiger partial charge in [0.15, 0.2) is 0 Å². The van der Waals surface area contributed by atoms with E-state index >= 15 is 0 Å². The van der Waals surface area contributed by atoms with Crippen LogP contribution in [0.3, 0.4) is 0 Å². The molecule has 1 saturated carbocycles. The molecule has 2 aromatic rings. The van der Waals surface area contributed by atoms with E-state index in [0.29, 0.717) is 41.6 Å². The Bertz CT molecular complexity index is 847. The molecule has 1 fully saturated rings. The van der Waals surface area contributed by atoms with Crippen molar-refractivity contribution in [3.8, 4) is 5.75 Å². The Morgan fingerprint density at radius 3 is 2.54 bits per heavy atom. The van der Waals surface area contributed by atoms with Crippen molar-refractivity contribution in [2.45, 2.75) is 25.4 Å². The first-order valence-electron chi connectivity index (χ1n) is 8.71. The fraction of sp³-hybridized carbons (Fsp3) is 0.300. The van der Waals surface area contributed by atoms with Gasteiger partial charge in [-0.1, -0.05) is 0 Å². The second kappa shape index (κ2) is 6.78. The van der Waals surface area contributed by atoms with Crippen molar-refractivity contribution in [2.75, 3.05) is 13.2 Å². The molecule has 0 bridgehead atoms. The average molecular weight is 354 g/mol. The van der Waals surface area contributed by atoms with Gasteiger partial charge in [0.1, 0.15) is 18.2 Å². The van der Waals surface area contributed by atoms with Crippen LogP contribution in [0.5, 0.6) is 5.75 Å². The molecule has 6 heteroatoms. The van der Waals surface area contributed by atoms with Crippen molar-refractivity contribution in [2.24, 2.45) is 0 Å². The molecule has 0 unspecified atom stereocenters. The van der Waals surface area contributed by atoms with Gasteiger partial charge in [-0.3, -0.25) is 9.59 Å². The van der Waals surface area contributed by atoms with E-state index in [4.69, 9.17) is 4.74 Å². The summed E-state index contributed by atoms with van der Waals surface area (Å²) in [6.45, 7) is 1.06. The number of ether oxygens (including phenoxy) is 1. The number of fused-ring (bicyclic) bond motifs is 1. The quantitative estimate of drug-likeness (QED) is 0.922. The number of rotatable bonds is 3. The minimum absolute atomic E-state index is 0.112. The second-order valence-corrected chi connectivity index (χ2v) is 6.65. The lowest BCUT2D eigenvalue weighted by atomic mass is 10.1. The van der Waals surface area contributed by atoms with Crippen molar-refractivity contribution < 1.29 is 18.7 Å². The van der Waals surface area contributed by atoms with Crippen LogP contribution in [0, 0.1) is 5.82 Å². The van der Waals surface area contributed by atoms with Crippen LogP contribution in [-0.4, -0.2) is 35.9 Å². The van der Waals surface area contributed by atoms with Crippen molar-refractivity contribution in [1.29, 1.82) is 0 Å². The first kappa shape index (κ1) is 16.6. The fourth-order valence-corrected chi connectivity index (χ4v) is 2.98. The van der Waals surface area contributed by atoms with Gasteiger partial charge in [-0.2, -0.15) is 0 Å². The minimum atomic E-state index is -0.354. The van der Waals surface area contributed by atoms with Crippen LogP contribution in [-0.2, 0) is 6.54 Å². The number of benzene rings is 2. The Hall–Kier alpha value is -2.89. The number of nitrogens with zero attached hydrogens (tertiary/aromatic N) is 1. The van der Waals surface area contributed by atoms with E-state index in [-0.39, 0.29) is 24.2 Å². The van der Waals surface area contributed by atoms with Crippen molar-refractivity contribution in [3.05, 3.63) is 65.0 Å². The van der Waals surface area contributed by atoms with Gasteiger partial charge in [0, 0.05) is 29.3 Å². The highest BCUT2D eigenvalue weighted by Gasteiger charge is 2.24. The molecule has 0 radical (unpaired) electrons. The third-order valence-electron chi connectivity index (χ3n) is 4.60. The Balaban J connectivity index is 1.48. The average Bonchev–Trinajstić information content (AvgIpc) is 3.47. The topological polar surface area (TPSA) is 58.6 Å². The summed E-state index contributed by atoms with van der Waals surface area (Å²) >= 11 is 0. The van der Waals surface area contributed by atoms with Gasteiger partial charge in [0.2, 0.25) is 0 Å². The number of nitrogens with one attached hydrogen (secondary N) is 1. The number of carbonyl (C=O) groups is 2. The molecule has 4 rings (SSSR count). The molecular formula is C20H19FN2O3. The maximum atomic E-state index is 13.5. The van der Waals surface area contributed by atoms with E-state index in [2.05, 4.69) is 5.32 Å². The number of hydrogen-bond acceptors (Lipinski definition) is 3. The predicted molar refractivity (Wildman–Crippen MR) is 93.6 cm³/mol. The standard InChI is InChI=1S/C20H19FN2O3/c21-16-5-8-18-15(11-16)12-23(9-10-26-18)20(25)14-3-1-13(2-4-14)19(24)22-17-6-7-17/h1-5,8,11,17H,6-7,9-10,12H2,(H,22,24). The molecule has 2 amide bonds. The summed E-state index contributed by atoms with van der Waals surface area (Å²) in [5, 5.41) is 2.92. The van der Waals surface area contributed by atoms with E-state index in [1.165, 1.54) is 12.1 Å². The summed E-state index contributed by atoms with van der Waals surface area (Å²) in [7, 11) is 0. The first-order valence-corrected chi connectivity index (χ1v) is 8.71. The number of amides is 2. The largest absolute Gasteiger partial charge is 0.491 e. The summed E-state index contributed by atoms with van der Waals surface area (Å²) in [5.41, 5.74) is 1.68. The zero-order chi connectivity index (χ0) is 18.1. The van der Waals surface area contributed by atoms with Crippen LogP contribution in [0.1, 0.15) is 39.1 Å². The molecule has 0 aromatic heterocycles. The SMILES string of the molecule is O=C(NC1CC1)c1ccc(C(=O)N2CCOc3ccc(F)cc3C2)cc1. The molecule has 0 atom stereocenters. The maximum Gasteiger partial charge on any atom is 0.254 e. The molecular weight excluding hydrogens is 335 g/mol. The van der Waals surface area contributed by atoms with Crippen LogP contribution >= 0.6 is 0 Å². The van der Waals surface area contributed by atoms with E-state index in [1.54, 1.807) is 35.2 Å². The van der Waals surface area contributed by atoms with Crippen molar-refractivity contribution in [3.63, 3.8) is 0 Å². The van der Waals surface area contributed by atoms with Crippen LogP contribution < -0.4 is 10.1 Å². The zero-order valence-corrected chi connectivity index (χ0v) is 14.2. The van der Waals surface area contributed by atoms with E-state index < -0.39 is 0 Å². The van der Waals surface area contributed by atoms with Gasteiger partial charge in [-0.15, -0.1) is 0 Å². The summed E-state index contributed by atoms with van der Waals surface area (Å²) in [6, 6.07) is 11.3. The molecule has 2 aromatic carbocycles. The molecule has 1 aliphatic carbocycles. The normalized spacial score (nSPS) is 16.3. The van der Waals surface area contributed by atoms with Gasteiger partial charge in [-0.05, 0) is 55.3 Å². The van der Waals surface area contributed by atoms with Gasteiger partial charge in [0.25, 0.3) is 11.8 Å². The highest BCUT2D eigenvalue weighted by molar-refractivity contribution is 5.98. The fourth-order valence-electron chi connectivity index (χ4n) is 2.98. The highest BCUT2D eigenvalue weighted by Crippen LogP contribution is 2.25. The van der Waals surface area contributed by atoms with Gasteiger partial charge in [0.05, 0.1) is 6.54 Å². The lowest BCUT2D eigenvalue weighted by molar-refractivity contribution is 0.0732. The minimum Gasteiger partial charge on any atom is -0.491 e. The monoisotopic (exact) mass is 354 g/mol. The summed E-state index contributed by atoms with van der Waals surface area (Å²) in [4.78, 5) is 26.5. The highest BCUT2D eigenvalue weighted by atomic mass is 19.1. The van der Waals surface area contributed by atoms with Gasteiger partial charge < -0.3 is 15.0 Å². The van der Waals surface area contributed by atoms with Crippen LogP contribution in [0.4, 0.5) is 4.39 Å². The summed E-state index contributed by atoms with van der Waals surface area (Å²) in [5.74, 6) is -0.0274. The molecule has 26 heavy (non-hydrogen) atoms. The number of hydrogen-bond donors (Lipinski definition) is 1. The second-order valence-electron chi connectivity index (χ2n) is 6.65. The molecule has 2 aliphatic rings. The zero-order valence-electron chi connectivity index (χ0n) is 14.2. The smallest absolute Gasteiger partial charge is 0.254 e. The third kappa shape index (κ3) is 3.54. The predicted octanol–water partition coefficient (Wildman–Crippen LogP) is 2.75. The van der Waals surface area contributed by atoms with E-state index in [9.17, 15) is 14.0 Å². The molecule has 0 spiro atoms. The van der Waals surface area contributed by atoms with Gasteiger partial charge in [-0.25, -0.2) is 4.39 Å². The van der Waals surface area contributed by atoms with Crippen LogP contribution in [0.2, 0.25) is 0 Å². The lowest BCUT2D eigenvalue weighted by Gasteiger charge is -2.20. The molecule has 1 heterocycles. The van der Waals surface area contributed by atoms with E-state index in [0.717, 1.165) is 12.8 Å². The maximum absolute atomic E-state index is 13.5. The first-order chi connectivity index (χ1) is 12.6. The van der Waals surface area contributed by atoms with Crippen molar-refractivity contribution >= 4 is 11.8 Å². The van der Waals surface area contributed by atoms with Gasteiger partial charge >= 0.3 is 0 Å². The number of halogens is 1. The Labute approximate surface area is 150 Å². The molecule has 0 saturated heterocycles. The van der Waals surface area contributed by atoms with Crippen LogP contribution in [0.15, 0.2) is 42.5 Å². The molecule has 5 nitrogen and oxygen atoms in total. The number of carbonyl (C=O) groups excluding carboxylic acids is 2. The molecule has 1 N–H and O–H groups in total. The van der Waals surface area contributed by atoms with Crippen molar-refractivity contribution in [1.82, 2.24) is 10.2 Å². The Kier molecular flexibility index (Phi) is 4.32. The summed E-state index contributed by atoms with van der Waals surface area (Å²) in [6.07, 6.45) is 2.06. The van der Waals surface area contributed by atoms with Crippen LogP contribution in [0.25, 0.3) is 0 Å². The molecule has 134 valence electrons.